The first kappa shape index (κ1) is 24.8. The number of rotatable bonds is 5. The lowest BCUT2D eigenvalue weighted by Gasteiger charge is -2.46. The Hall–Kier alpha value is -3.30. The molecular weight excluding hydrogens is 457 g/mol. The number of benzene rings is 1. The van der Waals surface area contributed by atoms with Crippen molar-refractivity contribution in [2.75, 3.05) is 5.32 Å². The predicted molar refractivity (Wildman–Crippen MR) is 126 cm³/mol. The molecule has 6 nitrogen and oxygen atoms in total. The van der Waals surface area contributed by atoms with Crippen LogP contribution in [0.5, 0.6) is 0 Å². The number of halogens is 3. The summed E-state index contributed by atoms with van der Waals surface area (Å²) < 4.78 is 42.8. The fourth-order valence-electron chi connectivity index (χ4n) is 4.99. The minimum Gasteiger partial charge on any atom is -0.388 e. The van der Waals surface area contributed by atoms with E-state index in [2.05, 4.69) is 15.3 Å². The SMILES string of the molecule is CC[C@@]1(O)[C@H](C)C[C@@H](c2ccncc2NC(=O)c2ccc(F)c(-c3c(F)cccc3F)n2)C[C@@H]1N. The Bertz CT molecular complexity index is 1220. The maximum atomic E-state index is 14.4. The van der Waals surface area contributed by atoms with Gasteiger partial charge < -0.3 is 16.2 Å². The van der Waals surface area contributed by atoms with Gasteiger partial charge in [-0.15, -0.1) is 0 Å². The molecule has 0 saturated heterocycles. The fraction of sp³-hybridized carbons (Fsp3) is 0.346. The number of hydrogen-bond acceptors (Lipinski definition) is 5. The Labute approximate surface area is 201 Å². The quantitative estimate of drug-likeness (QED) is 0.483. The van der Waals surface area contributed by atoms with Gasteiger partial charge in [-0.2, -0.15) is 0 Å². The Balaban J connectivity index is 1.62. The molecule has 0 spiro atoms. The summed E-state index contributed by atoms with van der Waals surface area (Å²) in [5.41, 5.74) is 5.16. The minimum atomic E-state index is -0.988. The van der Waals surface area contributed by atoms with Crippen LogP contribution in [-0.2, 0) is 0 Å². The third-order valence-corrected chi connectivity index (χ3v) is 7.06. The lowest BCUT2D eigenvalue weighted by atomic mass is 9.66. The van der Waals surface area contributed by atoms with E-state index in [4.69, 9.17) is 5.73 Å². The number of nitrogens with two attached hydrogens (primary N) is 1. The van der Waals surface area contributed by atoms with Crippen molar-refractivity contribution >= 4 is 11.6 Å². The molecule has 35 heavy (non-hydrogen) atoms. The summed E-state index contributed by atoms with van der Waals surface area (Å²) in [7, 11) is 0. The Morgan fingerprint density at radius 3 is 2.51 bits per heavy atom. The van der Waals surface area contributed by atoms with E-state index in [9.17, 15) is 23.1 Å². The molecule has 1 aliphatic carbocycles. The summed E-state index contributed by atoms with van der Waals surface area (Å²) in [6, 6.07) is 6.58. The molecule has 184 valence electrons. The van der Waals surface area contributed by atoms with Crippen LogP contribution in [0.4, 0.5) is 18.9 Å². The van der Waals surface area contributed by atoms with Gasteiger partial charge in [0.1, 0.15) is 28.8 Å². The lowest BCUT2D eigenvalue weighted by Crippen LogP contribution is -2.56. The number of anilines is 1. The van der Waals surface area contributed by atoms with Crippen molar-refractivity contribution < 1.29 is 23.1 Å². The van der Waals surface area contributed by atoms with E-state index in [0.717, 1.165) is 35.9 Å². The standard InChI is InChI=1S/C26H27F3N4O2/c1-3-26(35)14(2)11-15(12-22(26)30)16-9-10-31-13-21(16)33-25(34)20-8-7-19(29)24(32-20)23-17(27)5-4-6-18(23)28/h4-10,13-15,22,35H,3,11-12,30H2,1-2H3,(H,33,34)/t14-,15-,22+,26-/m1/s1. The number of hydrogen-bond donors (Lipinski definition) is 3. The fourth-order valence-corrected chi connectivity index (χ4v) is 4.99. The van der Waals surface area contributed by atoms with E-state index < -0.39 is 46.3 Å². The van der Waals surface area contributed by atoms with Gasteiger partial charge in [-0.3, -0.25) is 9.78 Å². The zero-order valence-electron chi connectivity index (χ0n) is 19.4. The molecule has 4 N–H and O–H groups in total. The van der Waals surface area contributed by atoms with Crippen LogP contribution < -0.4 is 11.1 Å². The van der Waals surface area contributed by atoms with Crippen LogP contribution in [0.15, 0.2) is 48.8 Å². The first-order valence-electron chi connectivity index (χ1n) is 11.5. The number of carbonyl (C=O) groups is 1. The summed E-state index contributed by atoms with van der Waals surface area (Å²) in [4.78, 5) is 21.0. The maximum Gasteiger partial charge on any atom is 0.274 e. The number of aliphatic hydroxyl groups is 1. The number of carbonyl (C=O) groups excluding carboxylic acids is 1. The van der Waals surface area contributed by atoms with Crippen molar-refractivity contribution in [2.45, 2.75) is 50.7 Å². The van der Waals surface area contributed by atoms with Crippen LogP contribution in [0.2, 0.25) is 0 Å². The number of amides is 1. The predicted octanol–water partition coefficient (Wildman–Crippen LogP) is 4.80. The highest BCUT2D eigenvalue weighted by Crippen LogP contribution is 2.44. The van der Waals surface area contributed by atoms with E-state index >= 15 is 0 Å². The highest BCUT2D eigenvalue weighted by atomic mass is 19.1. The molecule has 4 atom stereocenters. The van der Waals surface area contributed by atoms with Crippen LogP contribution in [0.25, 0.3) is 11.3 Å². The van der Waals surface area contributed by atoms with Gasteiger partial charge in [-0.25, -0.2) is 18.2 Å². The van der Waals surface area contributed by atoms with Crippen molar-refractivity contribution in [3.05, 3.63) is 77.5 Å². The second-order valence-electron chi connectivity index (χ2n) is 9.06. The maximum absolute atomic E-state index is 14.4. The van der Waals surface area contributed by atoms with Crippen LogP contribution in [-0.4, -0.2) is 32.6 Å². The van der Waals surface area contributed by atoms with Crippen LogP contribution in [0.3, 0.4) is 0 Å². The third kappa shape index (κ3) is 4.66. The molecule has 0 radical (unpaired) electrons. The number of nitrogens with one attached hydrogen (secondary N) is 1. The average molecular weight is 485 g/mol. The van der Waals surface area contributed by atoms with Gasteiger partial charge in [0.2, 0.25) is 0 Å². The molecule has 1 aliphatic rings. The second kappa shape index (κ2) is 9.75. The Morgan fingerprint density at radius 2 is 1.86 bits per heavy atom. The van der Waals surface area contributed by atoms with Crippen molar-refractivity contribution in [1.82, 2.24) is 9.97 Å². The molecule has 0 unspecified atom stereocenters. The molecule has 0 bridgehead atoms. The van der Waals surface area contributed by atoms with Gasteiger partial charge in [0.15, 0.2) is 0 Å². The summed E-state index contributed by atoms with van der Waals surface area (Å²) in [5, 5.41) is 13.7. The normalized spacial score (nSPS) is 24.3. The minimum absolute atomic E-state index is 0.0330. The molecule has 3 aromatic rings. The Kier molecular flexibility index (Phi) is 6.91. The van der Waals surface area contributed by atoms with E-state index in [1.807, 2.05) is 13.8 Å². The molecule has 2 aromatic heterocycles. The molecule has 1 fully saturated rings. The summed E-state index contributed by atoms with van der Waals surface area (Å²) >= 11 is 0. The first-order chi connectivity index (χ1) is 16.7. The van der Waals surface area contributed by atoms with Gasteiger partial charge >= 0.3 is 0 Å². The monoisotopic (exact) mass is 484 g/mol. The van der Waals surface area contributed by atoms with E-state index in [-0.39, 0.29) is 17.5 Å². The molecular formula is C26H27F3N4O2. The average Bonchev–Trinajstić information content (AvgIpc) is 2.83. The first-order valence-corrected chi connectivity index (χ1v) is 11.5. The summed E-state index contributed by atoms with van der Waals surface area (Å²) in [6.07, 6.45) is 4.83. The van der Waals surface area contributed by atoms with Gasteiger partial charge in [-0.05, 0) is 67.0 Å². The number of nitrogens with zero attached hydrogens (tertiary/aromatic N) is 2. The summed E-state index contributed by atoms with van der Waals surface area (Å²) in [5.74, 6) is -3.71. The zero-order valence-corrected chi connectivity index (χ0v) is 19.4. The van der Waals surface area contributed by atoms with Gasteiger partial charge in [0.05, 0.1) is 23.0 Å². The number of aromatic nitrogens is 2. The van der Waals surface area contributed by atoms with Gasteiger partial charge in [-0.1, -0.05) is 19.9 Å². The highest BCUT2D eigenvalue weighted by Gasteiger charge is 2.44. The van der Waals surface area contributed by atoms with E-state index in [1.54, 1.807) is 12.3 Å². The Morgan fingerprint density at radius 1 is 1.14 bits per heavy atom. The van der Waals surface area contributed by atoms with Crippen LogP contribution in [0, 0.1) is 23.4 Å². The van der Waals surface area contributed by atoms with Crippen molar-refractivity contribution in [1.29, 1.82) is 0 Å². The van der Waals surface area contributed by atoms with Gasteiger partial charge in [0.25, 0.3) is 5.91 Å². The molecule has 2 heterocycles. The number of pyridine rings is 2. The van der Waals surface area contributed by atoms with Gasteiger partial charge in [0, 0.05) is 12.2 Å². The zero-order chi connectivity index (χ0) is 25.3. The van der Waals surface area contributed by atoms with Crippen molar-refractivity contribution in [2.24, 2.45) is 11.7 Å². The third-order valence-electron chi connectivity index (χ3n) is 7.06. The smallest absolute Gasteiger partial charge is 0.274 e. The molecule has 1 aromatic carbocycles. The lowest BCUT2D eigenvalue weighted by molar-refractivity contribution is -0.0651. The molecule has 9 heteroatoms. The molecule has 1 saturated carbocycles. The van der Waals surface area contributed by atoms with Crippen molar-refractivity contribution in [3.8, 4) is 11.3 Å². The largest absolute Gasteiger partial charge is 0.388 e. The van der Waals surface area contributed by atoms with Crippen LogP contribution >= 0.6 is 0 Å². The van der Waals surface area contributed by atoms with E-state index in [1.165, 1.54) is 6.20 Å². The topological polar surface area (TPSA) is 101 Å². The van der Waals surface area contributed by atoms with Crippen LogP contribution in [0.1, 0.15) is 55.1 Å². The summed E-state index contributed by atoms with van der Waals surface area (Å²) in [6.45, 7) is 3.87. The molecule has 4 rings (SSSR count). The second-order valence-corrected chi connectivity index (χ2v) is 9.06. The van der Waals surface area contributed by atoms with E-state index in [0.29, 0.717) is 24.9 Å². The molecule has 0 aliphatic heterocycles. The highest BCUT2D eigenvalue weighted by molar-refractivity contribution is 6.03. The van der Waals surface area contributed by atoms with Crippen molar-refractivity contribution in [3.63, 3.8) is 0 Å². The molecule has 1 amide bonds.